The molecular formula is C11H12ClFN2O3S. The number of carbonyl (C=O) groups excluding carboxylic acids is 1. The number of rotatable bonds is 2. The molecule has 1 aromatic carbocycles. The van der Waals surface area contributed by atoms with Crippen LogP contribution in [0.3, 0.4) is 0 Å². The predicted octanol–water partition coefficient (Wildman–Crippen LogP) is 1.36. The van der Waals surface area contributed by atoms with Crippen LogP contribution in [0.1, 0.15) is 23.2 Å². The third kappa shape index (κ3) is 2.88. The Kier molecular flexibility index (Phi) is 3.80. The fourth-order valence-electron chi connectivity index (χ4n) is 2.02. The van der Waals surface area contributed by atoms with E-state index in [1.807, 2.05) is 0 Å². The second-order valence-electron chi connectivity index (χ2n) is 4.31. The second kappa shape index (κ2) is 5.07. The SMILES string of the molecule is NS(=O)(=O)c1cc(Cl)cc(C(=O)N2CCCC2)c1F. The van der Waals surface area contributed by atoms with Crippen LogP contribution >= 0.6 is 11.6 Å². The van der Waals surface area contributed by atoms with E-state index in [1.54, 1.807) is 0 Å². The number of primary sulfonamides is 1. The molecule has 8 heteroatoms. The van der Waals surface area contributed by atoms with E-state index in [9.17, 15) is 17.6 Å². The van der Waals surface area contributed by atoms with Crippen LogP contribution in [-0.2, 0) is 10.0 Å². The van der Waals surface area contributed by atoms with Crippen molar-refractivity contribution in [3.05, 3.63) is 28.5 Å². The number of halogens is 2. The molecule has 1 heterocycles. The number of nitrogens with two attached hydrogens (primary N) is 1. The molecule has 0 spiro atoms. The molecule has 0 bridgehead atoms. The van der Waals surface area contributed by atoms with Crippen molar-refractivity contribution in [2.75, 3.05) is 13.1 Å². The van der Waals surface area contributed by atoms with Crippen molar-refractivity contribution >= 4 is 27.5 Å². The summed E-state index contributed by atoms with van der Waals surface area (Å²) in [6, 6.07) is 2.01. The van der Waals surface area contributed by atoms with E-state index in [2.05, 4.69) is 0 Å². The Morgan fingerprint density at radius 3 is 2.42 bits per heavy atom. The molecule has 1 aliphatic rings. The predicted molar refractivity (Wildman–Crippen MR) is 67.9 cm³/mol. The fraction of sp³-hybridized carbons (Fsp3) is 0.364. The Morgan fingerprint density at radius 1 is 1.32 bits per heavy atom. The molecule has 5 nitrogen and oxygen atoms in total. The summed E-state index contributed by atoms with van der Waals surface area (Å²) in [4.78, 5) is 12.8. The molecule has 1 amide bonds. The monoisotopic (exact) mass is 306 g/mol. The van der Waals surface area contributed by atoms with Gasteiger partial charge in [-0.05, 0) is 25.0 Å². The minimum atomic E-state index is -4.27. The van der Waals surface area contributed by atoms with E-state index in [-0.39, 0.29) is 10.6 Å². The van der Waals surface area contributed by atoms with Crippen molar-refractivity contribution in [1.82, 2.24) is 4.90 Å². The first-order chi connectivity index (χ1) is 8.80. The maximum Gasteiger partial charge on any atom is 0.256 e. The summed E-state index contributed by atoms with van der Waals surface area (Å²) >= 11 is 5.72. The number of hydrogen-bond acceptors (Lipinski definition) is 3. The number of nitrogens with zero attached hydrogens (tertiary/aromatic N) is 1. The van der Waals surface area contributed by atoms with Crippen LogP contribution in [-0.4, -0.2) is 32.3 Å². The Balaban J connectivity index is 2.52. The van der Waals surface area contributed by atoms with Gasteiger partial charge in [-0.25, -0.2) is 17.9 Å². The molecule has 0 radical (unpaired) electrons. The summed E-state index contributed by atoms with van der Waals surface area (Å²) in [6.45, 7) is 1.05. The Labute approximate surface area is 115 Å². The molecule has 1 saturated heterocycles. The number of sulfonamides is 1. The molecular weight excluding hydrogens is 295 g/mol. The normalized spacial score (nSPS) is 15.8. The number of hydrogen-bond donors (Lipinski definition) is 1. The average molecular weight is 307 g/mol. The number of amides is 1. The lowest BCUT2D eigenvalue weighted by molar-refractivity contribution is 0.0787. The summed E-state index contributed by atoms with van der Waals surface area (Å²) in [5.74, 6) is -1.72. The zero-order chi connectivity index (χ0) is 14.2. The van der Waals surface area contributed by atoms with Crippen molar-refractivity contribution in [3.63, 3.8) is 0 Å². The lowest BCUT2D eigenvalue weighted by atomic mass is 10.2. The summed E-state index contributed by atoms with van der Waals surface area (Å²) in [5, 5.41) is 4.85. The molecule has 0 unspecified atom stereocenters. The van der Waals surface area contributed by atoms with Gasteiger partial charge in [0.25, 0.3) is 5.91 Å². The third-order valence-electron chi connectivity index (χ3n) is 2.93. The Morgan fingerprint density at radius 2 is 1.89 bits per heavy atom. The Bertz CT molecular complexity index is 627. The number of carbonyl (C=O) groups is 1. The van der Waals surface area contributed by atoms with Gasteiger partial charge in [0.2, 0.25) is 10.0 Å². The van der Waals surface area contributed by atoms with Gasteiger partial charge in [-0.15, -0.1) is 0 Å². The van der Waals surface area contributed by atoms with Gasteiger partial charge in [0.05, 0.1) is 5.56 Å². The van der Waals surface area contributed by atoms with E-state index in [1.165, 1.54) is 4.90 Å². The molecule has 1 fully saturated rings. The molecule has 19 heavy (non-hydrogen) atoms. The summed E-state index contributed by atoms with van der Waals surface area (Å²) in [6.07, 6.45) is 1.69. The first-order valence-electron chi connectivity index (χ1n) is 5.62. The van der Waals surface area contributed by atoms with Crippen molar-refractivity contribution in [2.24, 2.45) is 5.14 Å². The molecule has 0 aliphatic carbocycles. The smallest absolute Gasteiger partial charge is 0.256 e. The van der Waals surface area contributed by atoms with E-state index < -0.39 is 26.6 Å². The second-order valence-corrected chi connectivity index (χ2v) is 6.28. The van der Waals surface area contributed by atoms with Gasteiger partial charge in [0.1, 0.15) is 4.90 Å². The van der Waals surface area contributed by atoms with Crippen LogP contribution in [0.4, 0.5) is 4.39 Å². The topological polar surface area (TPSA) is 80.5 Å². The van der Waals surface area contributed by atoms with Crippen LogP contribution in [0, 0.1) is 5.82 Å². The largest absolute Gasteiger partial charge is 0.339 e. The molecule has 1 aliphatic heterocycles. The lowest BCUT2D eigenvalue weighted by Gasteiger charge is -2.16. The zero-order valence-electron chi connectivity index (χ0n) is 9.90. The van der Waals surface area contributed by atoms with E-state index in [0.29, 0.717) is 13.1 Å². The van der Waals surface area contributed by atoms with E-state index in [0.717, 1.165) is 25.0 Å². The van der Waals surface area contributed by atoms with E-state index in [4.69, 9.17) is 16.7 Å². The molecule has 2 N–H and O–H groups in total. The lowest BCUT2D eigenvalue weighted by Crippen LogP contribution is -2.29. The highest BCUT2D eigenvalue weighted by atomic mass is 35.5. The summed E-state index contributed by atoms with van der Waals surface area (Å²) < 4.78 is 36.6. The van der Waals surface area contributed by atoms with Crippen LogP contribution < -0.4 is 5.14 Å². The van der Waals surface area contributed by atoms with Gasteiger partial charge >= 0.3 is 0 Å². The van der Waals surface area contributed by atoms with Crippen LogP contribution in [0.5, 0.6) is 0 Å². The fourth-order valence-corrected chi connectivity index (χ4v) is 2.95. The molecule has 0 atom stereocenters. The van der Waals surface area contributed by atoms with Crippen LogP contribution in [0.25, 0.3) is 0 Å². The minimum Gasteiger partial charge on any atom is -0.339 e. The van der Waals surface area contributed by atoms with Gasteiger partial charge in [0, 0.05) is 18.1 Å². The molecule has 2 rings (SSSR count). The quantitative estimate of drug-likeness (QED) is 0.896. The zero-order valence-corrected chi connectivity index (χ0v) is 11.5. The maximum atomic E-state index is 14.1. The highest BCUT2D eigenvalue weighted by Gasteiger charge is 2.27. The van der Waals surface area contributed by atoms with Crippen molar-refractivity contribution in [2.45, 2.75) is 17.7 Å². The highest BCUT2D eigenvalue weighted by Crippen LogP contribution is 2.25. The van der Waals surface area contributed by atoms with Crippen LogP contribution in [0.15, 0.2) is 17.0 Å². The van der Waals surface area contributed by atoms with Gasteiger partial charge in [0.15, 0.2) is 5.82 Å². The molecule has 104 valence electrons. The van der Waals surface area contributed by atoms with E-state index >= 15 is 0 Å². The third-order valence-corrected chi connectivity index (χ3v) is 4.06. The number of benzene rings is 1. The van der Waals surface area contributed by atoms with Gasteiger partial charge in [-0.3, -0.25) is 4.79 Å². The molecule has 0 aromatic heterocycles. The maximum absolute atomic E-state index is 14.1. The van der Waals surface area contributed by atoms with Crippen molar-refractivity contribution in [1.29, 1.82) is 0 Å². The summed E-state index contributed by atoms with van der Waals surface area (Å²) in [7, 11) is -4.27. The Hall–Kier alpha value is -1.18. The minimum absolute atomic E-state index is 0.0482. The first kappa shape index (κ1) is 14.2. The summed E-state index contributed by atoms with van der Waals surface area (Å²) in [5.41, 5.74) is -0.363. The molecule has 0 saturated carbocycles. The van der Waals surface area contributed by atoms with Gasteiger partial charge in [-0.2, -0.15) is 0 Å². The van der Waals surface area contributed by atoms with Gasteiger partial charge in [-0.1, -0.05) is 11.6 Å². The highest BCUT2D eigenvalue weighted by molar-refractivity contribution is 7.89. The standard InChI is InChI=1S/C11H12ClFN2O3S/c12-7-5-8(11(16)15-3-1-2-4-15)10(13)9(6-7)19(14,17)18/h5-6H,1-4H2,(H2,14,17,18). The average Bonchev–Trinajstić information content (AvgIpc) is 2.83. The molecule has 1 aromatic rings. The van der Waals surface area contributed by atoms with Crippen LogP contribution in [0.2, 0.25) is 5.02 Å². The van der Waals surface area contributed by atoms with Gasteiger partial charge < -0.3 is 4.90 Å². The van der Waals surface area contributed by atoms with Crippen molar-refractivity contribution < 1.29 is 17.6 Å². The van der Waals surface area contributed by atoms with Crippen molar-refractivity contribution in [3.8, 4) is 0 Å². The number of likely N-dealkylation sites (tertiary alicyclic amines) is 1. The first-order valence-corrected chi connectivity index (χ1v) is 7.54.